The van der Waals surface area contributed by atoms with Gasteiger partial charge < -0.3 is 9.80 Å². The van der Waals surface area contributed by atoms with Crippen LogP contribution in [0.15, 0.2) is 42.1 Å². The normalized spacial score (nSPS) is 16.8. The van der Waals surface area contributed by atoms with E-state index in [9.17, 15) is 4.79 Å². The van der Waals surface area contributed by atoms with E-state index >= 15 is 0 Å². The number of carbonyl (C=O) groups excluding carboxylic acids is 1. The van der Waals surface area contributed by atoms with Crippen LogP contribution in [0.5, 0.6) is 0 Å². The highest BCUT2D eigenvalue weighted by atomic mass is 16.2. The Labute approximate surface area is 102 Å². The predicted molar refractivity (Wildman–Crippen MR) is 68.5 cm³/mol. The summed E-state index contributed by atoms with van der Waals surface area (Å²) in [5.41, 5.74) is 2.04. The van der Waals surface area contributed by atoms with Crippen molar-refractivity contribution in [1.29, 1.82) is 0 Å². The summed E-state index contributed by atoms with van der Waals surface area (Å²) in [4.78, 5) is 16.0. The van der Waals surface area contributed by atoms with E-state index in [1.54, 1.807) is 4.90 Å². The van der Waals surface area contributed by atoms with Crippen LogP contribution in [-0.4, -0.2) is 42.9 Å². The second-order valence-electron chi connectivity index (χ2n) is 4.52. The van der Waals surface area contributed by atoms with Crippen molar-refractivity contribution < 1.29 is 4.79 Å². The van der Waals surface area contributed by atoms with E-state index < -0.39 is 0 Å². The lowest BCUT2D eigenvalue weighted by molar-refractivity contribution is -0.125. The highest BCUT2D eigenvalue weighted by molar-refractivity contribution is 5.93. The van der Waals surface area contributed by atoms with E-state index in [0.29, 0.717) is 6.42 Å². The molecule has 1 aliphatic rings. The van der Waals surface area contributed by atoms with Gasteiger partial charge in [0.1, 0.15) is 0 Å². The third-order valence-corrected chi connectivity index (χ3v) is 3.02. The molecule has 1 amide bonds. The average Bonchev–Trinajstić information content (AvgIpc) is 2.45. The molecule has 2 rings (SSSR count). The Kier molecular flexibility index (Phi) is 3.47. The van der Waals surface area contributed by atoms with Gasteiger partial charge in [-0.3, -0.25) is 4.79 Å². The van der Waals surface area contributed by atoms with Crippen molar-refractivity contribution in [1.82, 2.24) is 9.80 Å². The lowest BCUT2D eigenvalue weighted by Gasteiger charge is -2.16. The van der Waals surface area contributed by atoms with Crippen LogP contribution in [-0.2, 0) is 11.2 Å². The molecule has 0 aromatic heterocycles. The molecule has 0 fully saturated rings. The van der Waals surface area contributed by atoms with E-state index in [1.165, 1.54) is 5.56 Å². The summed E-state index contributed by atoms with van der Waals surface area (Å²) in [5.74, 6) is 0.137. The minimum absolute atomic E-state index is 0.137. The van der Waals surface area contributed by atoms with Crippen LogP contribution in [0.4, 0.5) is 0 Å². The maximum atomic E-state index is 12.1. The van der Waals surface area contributed by atoms with Crippen molar-refractivity contribution in [3.8, 4) is 0 Å². The predicted octanol–water partition coefficient (Wildman–Crippen LogP) is 1.52. The Morgan fingerprint density at radius 3 is 2.53 bits per heavy atom. The molecular formula is C14H18N2O. The third-order valence-electron chi connectivity index (χ3n) is 3.02. The molecule has 0 radical (unpaired) electrons. The van der Waals surface area contributed by atoms with Gasteiger partial charge in [0.15, 0.2) is 0 Å². The average molecular weight is 230 g/mol. The molecular weight excluding hydrogens is 212 g/mol. The maximum absolute atomic E-state index is 12.1. The quantitative estimate of drug-likeness (QED) is 0.769. The number of hydrogen-bond acceptors (Lipinski definition) is 2. The van der Waals surface area contributed by atoms with Gasteiger partial charge in [0.25, 0.3) is 5.91 Å². The van der Waals surface area contributed by atoms with Crippen molar-refractivity contribution in [2.24, 2.45) is 0 Å². The van der Waals surface area contributed by atoms with Crippen molar-refractivity contribution in [2.75, 3.05) is 27.2 Å². The van der Waals surface area contributed by atoms with Gasteiger partial charge in [-0.1, -0.05) is 30.3 Å². The maximum Gasteiger partial charge on any atom is 0.251 e. The summed E-state index contributed by atoms with van der Waals surface area (Å²) >= 11 is 0. The van der Waals surface area contributed by atoms with Crippen molar-refractivity contribution in [3.63, 3.8) is 0 Å². The molecule has 17 heavy (non-hydrogen) atoms. The largest absolute Gasteiger partial charge is 0.378 e. The molecule has 90 valence electrons. The lowest BCUT2D eigenvalue weighted by Crippen LogP contribution is -2.30. The standard InChI is InChI=1S/C14H18N2O/c1-15-8-9-16(2)14(17)13(11-15)10-12-6-4-3-5-7-12/h3-7,11H,8-10H2,1-2H3. The highest BCUT2D eigenvalue weighted by Crippen LogP contribution is 2.13. The molecule has 1 aromatic rings. The zero-order valence-corrected chi connectivity index (χ0v) is 10.4. The summed E-state index contributed by atoms with van der Waals surface area (Å²) < 4.78 is 0. The van der Waals surface area contributed by atoms with E-state index in [2.05, 4.69) is 17.0 Å². The first-order valence-corrected chi connectivity index (χ1v) is 5.87. The summed E-state index contributed by atoms with van der Waals surface area (Å²) in [6.45, 7) is 1.67. The minimum atomic E-state index is 0.137. The molecule has 0 unspecified atom stereocenters. The summed E-state index contributed by atoms with van der Waals surface area (Å²) in [6.07, 6.45) is 2.67. The second kappa shape index (κ2) is 5.04. The van der Waals surface area contributed by atoms with Crippen LogP contribution in [0, 0.1) is 0 Å². The van der Waals surface area contributed by atoms with Gasteiger partial charge in [0.2, 0.25) is 0 Å². The molecule has 0 saturated carbocycles. The Hall–Kier alpha value is -1.77. The minimum Gasteiger partial charge on any atom is -0.378 e. The topological polar surface area (TPSA) is 23.6 Å². The van der Waals surface area contributed by atoms with E-state index in [4.69, 9.17) is 0 Å². The fourth-order valence-corrected chi connectivity index (χ4v) is 1.98. The van der Waals surface area contributed by atoms with E-state index in [0.717, 1.165) is 18.7 Å². The molecule has 0 atom stereocenters. The fraction of sp³-hybridized carbons (Fsp3) is 0.357. The highest BCUT2D eigenvalue weighted by Gasteiger charge is 2.19. The molecule has 1 heterocycles. The van der Waals surface area contributed by atoms with Gasteiger partial charge in [-0.15, -0.1) is 0 Å². The first kappa shape index (κ1) is 11.7. The number of rotatable bonds is 2. The number of amides is 1. The van der Waals surface area contributed by atoms with Gasteiger partial charge in [0.05, 0.1) is 0 Å². The number of nitrogens with zero attached hydrogens (tertiary/aromatic N) is 2. The third kappa shape index (κ3) is 2.87. The van der Waals surface area contributed by atoms with Gasteiger partial charge in [-0.05, 0) is 5.56 Å². The van der Waals surface area contributed by atoms with Crippen LogP contribution in [0.25, 0.3) is 0 Å². The Bertz CT molecular complexity index is 425. The molecule has 1 aliphatic heterocycles. The number of hydrogen-bond donors (Lipinski definition) is 0. The number of carbonyl (C=O) groups is 1. The van der Waals surface area contributed by atoms with Gasteiger partial charge in [-0.2, -0.15) is 0 Å². The van der Waals surface area contributed by atoms with E-state index in [1.807, 2.05) is 38.5 Å². The monoisotopic (exact) mass is 230 g/mol. The lowest BCUT2D eigenvalue weighted by atomic mass is 10.1. The molecule has 0 aliphatic carbocycles. The van der Waals surface area contributed by atoms with Crippen LogP contribution in [0.1, 0.15) is 5.56 Å². The van der Waals surface area contributed by atoms with Gasteiger partial charge >= 0.3 is 0 Å². The summed E-state index contributed by atoms with van der Waals surface area (Å²) in [7, 11) is 3.87. The SMILES string of the molecule is CN1C=C(Cc2ccccc2)C(=O)N(C)CC1. The van der Waals surface area contributed by atoms with Crippen LogP contribution in [0.3, 0.4) is 0 Å². The zero-order chi connectivity index (χ0) is 12.3. The molecule has 3 nitrogen and oxygen atoms in total. The molecule has 0 N–H and O–H groups in total. The summed E-state index contributed by atoms with van der Waals surface area (Å²) in [6, 6.07) is 10.1. The molecule has 3 heteroatoms. The smallest absolute Gasteiger partial charge is 0.251 e. The van der Waals surface area contributed by atoms with Crippen molar-refractivity contribution in [3.05, 3.63) is 47.7 Å². The van der Waals surface area contributed by atoms with E-state index in [-0.39, 0.29) is 5.91 Å². The Morgan fingerprint density at radius 1 is 1.12 bits per heavy atom. The van der Waals surface area contributed by atoms with Gasteiger partial charge in [-0.25, -0.2) is 0 Å². The zero-order valence-electron chi connectivity index (χ0n) is 10.4. The Morgan fingerprint density at radius 2 is 1.82 bits per heavy atom. The molecule has 0 bridgehead atoms. The molecule has 1 aromatic carbocycles. The van der Waals surface area contributed by atoms with Crippen LogP contribution >= 0.6 is 0 Å². The van der Waals surface area contributed by atoms with Gasteiger partial charge in [0, 0.05) is 45.4 Å². The first-order valence-electron chi connectivity index (χ1n) is 5.87. The fourth-order valence-electron chi connectivity index (χ4n) is 1.98. The van der Waals surface area contributed by atoms with Crippen LogP contribution < -0.4 is 0 Å². The first-order chi connectivity index (χ1) is 8.16. The van der Waals surface area contributed by atoms with Crippen LogP contribution in [0.2, 0.25) is 0 Å². The number of benzene rings is 1. The number of likely N-dealkylation sites (N-methyl/N-ethyl adjacent to an activating group) is 2. The Balaban J connectivity index is 2.20. The second-order valence-corrected chi connectivity index (χ2v) is 4.52. The van der Waals surface area contributed by atoms with Crippen molar-refractivity contribution in [2.45, 2.75) is 6.42 Å². The summed E-state index contributed by atoms with van der Waals surface area (Å²) in [5, 5.41) is 0. The van der Waals surface area contributed by atoms with Crippen molar-refractivity contribution >= 4 is 5.91 Å². The molecule has 0 saturated heterocycles. The molecule has 0 spiro atoms.